The maximum absolute atomic E-state index is 5.35. The van der Waals surface area contributed by atoms with Crippen LogP contribution in [0.15, 0.2) is 0 Å². The highest BCUT2D eigenvalue weighted by atomic mass is 16.5. The number of aromatic nitrogens is 2. The standard InChI is InChI=1S/C7H10N2O.C2H6/c1-5-6(2)8-9-3-4-10-7(5)9;1-2/h3-4H2,1-2H3;1-2H3. The quantitative estimate of drug-likeness (QED) is 0.591. The van der Waals surface area contributed by atoms with Crippen molar-refractivity contribution < 1.29 is 4.74 Å². The van der Waals surface area contributed by atoms with Gasteiger partial charge in [-0.15, -0.1) is 0 Å². The maximum Gasteiger partial charge on any atom is 0.215 e. The zero-order chi connectivity index (χ0) is 9.14. The Labute approximate surface area is 73.3 Å². The van der Waals surface area contributed by atoms with Crippen molar-refractivity contribution >= 4 is 0 Å². The van der Waals surface area contributed by atoms with Gasteiger partial charge in [0.05, 0.1) is 12.2 Å². The molecule has 0 spiro atoms. The van der Waals surface area contributed by atoms with Gasteiger partial charge in [0.1, 0.15) is 6.61 Å². The minimum atomic E-state index is 0.781. The molecular formula is C9H16N2O. The van der Waals surface area contributed by atoms with E-state index in [9.17, 15) is 0 Å². The van der Waals surface area contributed by atoms with Crippen molar-refractivity contribution in [2.45, 2.75) is 34.2 Å². The van der Waals surface area contributed by atoms with Crippen LogP contribution in [0.5, 0.6) is 5.88 Å². The Morgan fingerprint density at radius 3 is 2.58 bits per heavy atom. The van der Waals surface area contributed by atoms with Gasteiger partial charge in [0.15, 0.2) is 0 Å². The molecule has 1 aromatic rings. The largest absolute Gasteiger partial charge is 0.476 e. The van der Waals surface area contributed by atoms with E-state index in [2.05, 4.69) is 5.10 Å². The molecule has 0 radical (unpaired) electrons. The van der Waals surface area contributed by atoms with Crippen LogP contribution in [0, 0.1) is 13.8 Å². The predicted octanol–water partition coefficient (Wildman–Crippen LogP) is 1.92. The van der Waals surface area contributed by atoms with Crippen LogP contribution in [0.25, 0.3) is 0 Å². The molecule has 0 saturated carbocycles. The van der Waals surface area contributed by atoms with Gasteiger partial charge in [-0.2, -0.15) is 5.10 Å². The molecule has 2 rings (SSSR count). The monoisotopic (exact) mass is 168 g/mol. The summed E-state index contributed by atoms with van der Waals surface area (Å²) in [6.07, 6.45) is 0. The van der Waals surface area contributed by atoms with Crippen molar-refractivity contribution in [1.29, 1.82) is 0 Å². The zero-order valence-electron chi connectivity index (χ0n) is 8.22. The van der Waals surface area contributed by atoms with Crippen molar-refractivity contribution in [2.24, 2.45) is 0 Å². The number of aryl methyl sites for hydroxylation is 1. The lowest BCUT2D eigenvalue weighted by molar-refractivity contribution is 0.354. The number of fused-ring (bicyclic) bond motifs is 1. The van der Waals surface area contributed by atoms with Crippen LogP contribution in [0.4, 0.5) is 0 Å². The maximum atomic E-state index is 5.35. The molecule has 0 unspecified atom stereocenters. The molecule has 2 heterocycles. The van der Waals surface area contributed by atoms with E-state index in [1.807, 2.05) is 32.4 Å². The highest BCUT2D eigenvalue weighted by molar-refractivity contribution is 5.30. The van der Waals surface area contributed by atoms with E-state index in [1.54, 1.807) is 0 Å². The molecule has 0 saturated heterocycles. The number of hydrogen-bond donors (Lipinski definition) is 0. The third kappa shape index (κ3) is 1.31. The van der Waals surface area contributed by atoms with Gasteiger partial charge < -0.3 is 4.74 Å². The van der Waals surface area contributed by atoms with Gasteiger partial charge in [-0.1, -0.05) is 13.8 Å². The first-order chi connectivity index (χ1) is 5.79. The molecule has 1 aliphatic heterocycles. The lowest BCUT2D eigenvalue weighted by Gasteiger charge is -1.92. The van der Waals surface area contributed by atoms with Crippen LogP contribution in [0.2, 0.25) is 0 Å². The highest BCUT2D eigenvalue weighted by Crippen LogP contribution is 2.24. The second kappa shape index (κ2) is 3.61. The minimum absolute atomic E-state index is 0.781. The summed E-state index contributed by atoms with van der Waals surface area (Å²) in [5, 5.41) is 4.28. The van der Waals surface area contributed by atoms with Crippen molar-refractivity contribution in [2.75, 3.05) is 6.61 Å². The molecule has 0 aliphatic carbocycles. The molecule has 3 heteroatoms. The van der Waals surface area contributed by atoms with Crippen LogP contribution in [-0.2, 0) is 6.54 Å². The predicted molar refractivity (Wildman–Crippen MR) is 48.5 cm³/mol. The van der Waals surface area contributed by atoms with Gasteiger partial charge in [0, 0.05) is 5.56 Å². The van der Waals surface area contributed by atoms with Crippen LogP contribution in [0.1, 0.15) is 25.1 Å². The number of rotatable bonds is 0. The second-order valence-corrected chi connectivity index (χ2v) is 2.59. The fourth-order valence-electron chi connectivity index (χ4n) is 1.21. The molecule has 3 nitrogen and oxygen atoms in total. The van der Waals surface area contributed by atoms with E-state index >= 15 is 0 Å². The lowest BCUT2D eigenvalue weighted by atomic mass is 10.3. The van der Waals surface area contributed by atoms with Gasteiger partial charge in [-0.25, -0.2) is 4.68 Å². The van der Waals surface area contributed by atoms with E-state index in [4.69, 9.17) is 4.74 Å². The van der Waals surface area contributed by atoms with E-state index in [1.165, 1.54) is 5.56 Å². The summed E-state index contributed by atoms with van der Waals surface area (Å²) in [7, 11) is 0. The molecule has 0 N–H and O–H groups in total. The topological polar surface area (TPSA) is 27.1 Å². The Kier molecular flexibility index (Phi) is 2.74. The molecular weight excluding hydrogens is 152 g/mol. The first kappa shape index (κ1) is 9.10. The number of ether oxygens (including phenoxy) is 1. The summed E-state index contributed by atoms with van der Waals surface area (Å²) in [4.78, 5) is 0. The number of hydrogen-bond acceptors (Lipinski definition) is 2. The fraction of sp³-hybridized carbons (Fsp3) is 0.667. The molecule has 1 aromatic heterocycles. The van der Waals surface area contributed by atoms with E-state index in [0.29, 0.717) is 0 Å². The molecule has 68 valence electrons. The Morgan fingerprint density at radius 2 is 2.00 bits per heavy atom. The van der Waals surface area contributed by atoms with E-state index in [-0.39, 0.29) is 0 Å². The Hall–Kier alpha value is -0.990. The average molecular weight is 168 g/mol. The van der Waals surface area contributed by atoms with Crippen LogP contribution >= 0.6 is 0 Å². The summed E-state index contributed by atoms with van der Waals surface area (Å²) in [6.45, 7) is 9.73. The third-order valence-corrected chi connectivity index (χ3v) is 1.91. The zero-order valence-corrected chi connectivity index (χ0v) is 8.22. The summed E-state index contributed by atoms with van der Waals surface area (Å²) in [5.74, 6) is 0.956. The van der Waals surface area contributed by atoms with Gasteiger partial charge in [0.2, 0.25) is 5.88 Å². The van der Waals surface area contributed by atoms with Crippen molar-refractivity contribution in [3.8, 4) is 5.88 Å². The van der Waals surface area contributed by atoms with E-state index in [0.717, 1.165) is 24.7 Å². The van der Waals surface area contributed by atoms with Gasteiger partial charge >= 0.3 is 0 Å². The Bertz CT molecular complexity index is 266. The molecule has 0 bridgehead atoms. The molecule has 0 amide bonds. The molecule has 12 heavy (non-hydrogen) atoms. The SMILES string of the molecule is CC.Cc1nn2c(c1C)OCC2. The Balaban J connectivity index is 0.000000336. The molecule has 0 atom stereocenters. The van der Waals surface area contributed by atoms with Gasteiger partial charge in [-0.3, -0.25) is 0 Å². The highest BCUT2D eigenvalue weighted by Gasteiger charge is 2.17. The van der Waals surface area contributed by atoms with Crippen LogP contribution in [0.3, 0.4) is 0 Å². The minimum Gasteiger partial charge on any atom is -0.476 e. The molecule has 0 fully saturated rings. The first-order valence-electron chi connectivity index (χ1n) is 4.46. The summed E-state index contributed by atoms with van der Waals surface area (Å²) >= 11 is 0. The first-order valence-corrected chi connectivity index (χ1v) is 4.46. The average Bonchev–Trinajstić information content (AvgIpc) is 2.62. The van der Waals surface area contributed by atoms with Gasteiger partial charge in [-0.05, 0) is 13.8 Å². The van der Waals surface area contributed by atoms with Crippen LogP contribution < -0.4 is 4.74 Å². The molecule has 0 aromatic carbocycles. The van der Waals surface area contributed by atoms with Crippen molar-refractivity contribution in [3.63, 3.8) is 0 Å². The second-order valence-electron chi connectivity index (χ2n) is 2.59. The van der Waals surface area contributed by atoms with Crippen LogP contribution in [-0.4, -0.2) is 16.4 Å². The lowest BCUT2D eigenvalue weighted by Crippen LogP contribution is -1.95. The summed E-state index contributed by atoms with van der Waals surface area (Å²) < 4.78 is 7.27. The molecule has 1 aliphatic rings. The van der Waals surface area contributed by atoms with Crippen molar-refractivity contribution in [3.05, 3.63) is 11.3 Å². The van der Waals surface area contributed by atoms with E-state index < -0.39 is 0 Å². The Morgan fingerprint density at radius 1 is 1.33 bits per heavy atom. The fourth-order valence-corrected chi connectivity index (χ4v) is 1.21. The van der Waals surface area contributed by atoms with Crippen molar-refractivity contribution in [1.82, 2.24) is 9.78 Å². The smallest absolute Gasteiger partial charge is 0.215 e. The number of nitrogens with zero attached hydrogens (tertiary/aromatic N) is 2. The summed E-state index contributed by atoms with van der Waals surface area (Å²) in [5.41, 5.74) is 2.26. The summed E-state index contributed by atoms with van der Waals surface area (Å²) in [6, 6.07) is 0. The third-order valence-electron chi connectivity index (χ3n) is 1.91. The van der Waals surface area contributed by atoms with Gasteiger partial charge in [0.25, 0.3) is 0 Å². The normalized spacial score (nSPS) is 13.0.